The normalized spacial score (nSPS) is 20.0. The first-order valence-electron chi connectivity index (χ1n) is 9.54. The molecule has 0 spiro atoms. The molecule has 148 valence electrons. The molecule has 3 N–H and O–H groups in total. The predicted octanol–water partition coefficient (Wildman–Crippen LogP) is 2.95. The van der Waals surface area contributed by atoms with E-state index < -0.39 is 10.0 Å². The molecule has 0 aliphatic heterocycles. The topological polar surface area (TPSA) is 104 Å². The van der Waals surface area contributed by atoms with Crippen molar-refractivity contribution in [3.63, 3.8) is 0 Å². The molecule has 1 unspecified atom stereocenters. The van der Waals surface area contributed by atoms with E-state index in [1.54, 1.807) is 0 Å². The van der Waals surface area contributed by atoms with E-state index in [4.69, 9.17) is 0 Å². The van der Waals surface area contributed by atoms with Crippen LogP contribution in [0.15, 0.2) is 37.1 Å². The number of allylic oxidation sites excluding steroid dienone is 1. The molecule has 2 aromatic rings. The molecule has 7 nitrogen and oxygen atoms in total. The highest BCUT2D eigenvalue weighted by atomic mass is 32.2. The largest absolute Gasteiger partial charge is 0.346 e. The predicted molar refractivity (Wildman–Crippen MR) is 110 cm³/mol. The summed E-state index contributed by atoms with van der Waals surface area (Å²) in [5.41, 5.74) is 2.91. The Labute approximate surface area is 164 Å². The summed E-state index contributed by atoms with van der Waals surface area (Å²) in [4.78, 5) is 19.7. The standard InChI is InChI=1S/C20H24N4O3S/c1-2-11-28(26,27)24-15-7-5-13(6-8-15)17-12-18(23-20(25)14-3-4-14)22-19-16(17)9-10-21-19/h2,5,9-10,12,14-15,24H,1,3-4,6-8,11H2,(H2,21,22,23,25). The average Bonchev–Trinajstić information content (AvgIpc) is 3.40. The van der Waals surface area contributed by atoms with Gasteiger partial charge in [-0.15, -0.1) is 6.58 Å². The second-order valence-corrected chi connectivity index (χ2v) is 9.25. The van der Waals surface area contributed by atoms with Crippen LogP contribution in [-0.2, 0) is 14.8 Å². The molecular formula is C20H24N4O3S. The van der Waals surface area contributed by atoms with Gasteiger partial charge in [0.05, 0.1) is 5.75 Å². The summed E-state index contributed by atoms with van der Waals surface area (Å²) < 4.78 is 26.6. The maximum Gasteiger partial charge on any atom is 0.228 e. The molecule has 0 radical (unpaired) electrons. The van der Waals surface area contributed by atoms with E-state index in [0.29, 0.717) is 12.2 Å². The Hall–Kier alpha value is -2.45. The maximum atomic E-state index is 12.1. The molecule has 0 bridgehead atoms. The molecular weight excluding hydrogens is 376 g/mol. The third-order valence-corrected chi connectivity index (χ3v) is 6.54. The van der Waals surface area contributed by atoms with Crippen LogP contribution in [0.3, 0.4) is 0 Å². The number of anilines is 1. The molecule has 1 atom stereocenters. The van der Waals surface area contributed by atoms with E-state index in [1.165, 1.54) is 6.08 Å². The maximum absolute atomic E-state index is 12.1. The third-order valence-electron chi connectivity index (χ3n) is 5.17. The van der Waals surface area contributed by atoms with E-state index in [2.05, 4.69) is 32.7 Å². The lowest BCUT2D eigenvalue weighted by molar-refractivity contribution is -0.117. The molecule has 2 aliphatic carbocycles. The van der Waals surface area contributed by atoms with E-state index in [0.717, 1.165) is 47.9 Å². The number of carbonyl (C=O) groups is 1. The molecule has 8 heteroatoms. The van der Waals surface area contributed by atoms with Gasteiger partial charge < -0.3 is 10.3 Å². The number of aromatic nitrogens is 2. The van der Waals surface area contributed by atoms with E-state index in [9.17, 15) is 13.2 Å². The lowest BCUT2D eigenvalue weighted by Gasteiger charge is -2.23. The van der Waals surface area contributed by atoms with Gasteiger partial charge in [0.25, 0.3) is 0 Å². The number of aromatic amines is 1. The van der Waals surface area contributed by atoms with Crippen LogP contribution < -0.4 is 10.0 Å². The number of fused-ring (bicyclic) bond motifs is 1. The van der Waals surface area contributed by atoms with Crippen molar-refractivity contribution in [3.8, 4) is 0 Å². The second-order valence-electron chi connectivity index (χ2n) is 7.45. The summed E-state index contributed by atoms with van der Waals surface area (Å²) in [5.74, 6) is 0.622. The Kier molecular flexibility index (Phi) is 5.07. The van der Waals surface area contributed by atoms with Crippen LogP contribution in [0.1, 0.15) is 37.7 Å². The van der Waals surface area contributed by atoms with E-state index in [-0.39, 0.29) is 23.6 Å². The first-order valence-corrected chi connectivity index (χ1v) is 11.2. The van der Waals surface area contributed by atoms with Crippen molar-refractivity contribution in [1.29, 1.82) is 0 Å². The number of pyridine rings is 1. The number of carbonyl (C=O) groups excluding carboxylic acids is 1. The van der Waals surface area contributed by atoms with E-state index in [1.807, 2.05) is 18.3 Å². The van der Waals surface area contributed by atoms with E-state index >= 15 is 0 Å². The highest BCUT2D eigenvalue weighted by molar-refractivity contribution is 7.89. The molecule has 0 saturated heterocycles. The Balaban J connectivity index is 1.55. The monoisotopic (exact) mass is 400 g/mol. The van der Waals surface area contributed by atoms with Crippen molar-refractivity contribution in [2.24, 2.45) is 5.92 Å². The molecule has 1 fully saturated rings. The minimum atomic E-state index is -3.32. The Morgan fingerprint density at radius 2 is 2.18 bits per heavy atom. The van der Waals surface area contributed by atoms with Crippen molar-refractivity contribution >= 4 is 38.4 Å². The van der Waals surface area contributed by atoms with Gasteiger partial charge in [-0.05, 0) is 55.4 Å². The minimum Gasteiger partial charge on any atom is -0.346 e. The molecule has 28 heavy (non-hydrogen) atoms. The van der Waals surface area contributed by atoms with Crippen LogP contribution in [0, 0.1) is 5.92 Å². The lowest BCUT2D eigenvalue weighted by Crippen LogP contribution is -2.36. The third kappa shape index (κ3) is 4.18. The fraction of sp³-hybridized carbons (Fsp3) is 0.400. The summed E-state index contributed by atoms with van der Waals surface area (Å²) in [7, 11) is -3.32. The van der Waals surface area contributed by atoms with Gasteiger partial charge in [0.1, 0.15) is 11.5 Å². The molecule has 0 aromatic carbocycles. The van der Waals surface area contributed by atoms with Gasteiger partial charge >= 0.3 is 0 Å². The second kappa shape index (κ2) is 7.52. The van der Waals surface area contributed by atoms with Crippen LogP contribution in [0.4, 0.5) is 5.82 Å². The molecule has 1 saturated carbocycles. The molecule has 2 aliphatic rings. The lowest BCUT2D eigenvalue weighted by atomic mass is 9.90. The van der Waals surface area contributed by atoms with Crippen molar-refractivity contribution in [3.05, 3.63) is 42.6 Å². The number of sulfonamides is 1. The van der Waals surface area contributed by atoms with Crippen LogP contribution in [-0.4, -0.2) is 36.1 Å². The number of hydrogen-bond donors (Lipinski definition) is 3. The van der Waals surface area contributed by atoms with Crippen molar-refractivity contribution in [1.82, 2.24) is 14.7 Å². The summed E-state index contributed by atoms with van der Waals surface area (Å²) >= 11 is 0. The number of nitrogens with one attached hydrogen (secondary N) is 3. The molecule has 4 rings (SSSR count). The van der Waals surface area contributed by atoms with Gasteiger partial charge in [0.15, 0.2) is 0 Å². The Bertz CT molecular complexity index is 1050. The number of nitrogens with zero attached hydrogens (tertiary/aromatic N) is 1. The highest BCUT2D eigenvalue weighted by Crippen LogP contribution is 2.34. The van der Waals surface area contributed by atoms with Gasteiger partial charge in [-0.3, -0.25) is 4.79 Å². The quantitative estimate of drug-likeness (QED) is 0.622. The van der Waals surface area contributed by atoms with Crippen molar-refractivity contribution < 1.29 is 13.2 Å². The first kappa shape index (κ1) is 18.9. The van der Waals surface area contributed by atoms with Gasteiger partial charge in [-0.25, -0.2) is 18.1 Å². The fourth-order valence-corrected chi connectivity index (χ4v) is 4.71. The molecule has 1 amide bonds. The summed E-state index contributed by atoms with van der Waals surface area (Å²) in [5, 5.41) is 3.92. The SMILES string of the molecule is C=CCS(=O)(=O)NC1CC=C(c2cc(NC(=O)C3CC3)nc3[nH]ccc23)CC1. The number of hydrogen-bond acceptors (Lipinski definition) is 4. The van der Waals surface area contributed by atoms with Crippen LogP contribution in [0.5, 0.6) is 0 Å². The zero-order valence-electron chi connectivity index (χ0n) is 15.6. The van der Waals surface area contributed by atoms with Gasteiger partial charge in [-0.2, -0.15) is 0 Å². The smallest absolute Gasteiger partial charge is 0.228 e. The van der Waals surface area contributed by atoms with Crippen LogP contribution in [0.2, 0.25) is 0 Å². The minimum absolute atomic E-state index is 0.0265. The van der Waals surface area contributed by atoms with Crippen LogP contribution in [0.25, 0.3) is 16.6 Å². The van der Waals surface area contributed by atoms with Gasteiger partial charge in [0.2, 0.25) is 15.9 Å². The average molecular weight is 401 g/mol. The van der Waals surface area contributed by atoms with Crippen molar-refractivity contribution in [2.75, 3.05) is 11.1 Å². The number of H-pyrrole nitrogens is 1. The molecule has 2 aromatic heterocycles. The van der Waals surface area contributed by atoms with Gasteiger partial charge in [0, 0.05) is 23.5 Å². The van der Waals surface area contributed by atoms with Crippen LogP contribution >= 0.6 is 0 Å². The Morgan fingerprint density at radius 1 is 1.36 bits per heavy atom. The Morgan fingerprint density at radius 3 is 2.86 bits per heavy atom. The van der Waals surface area contributed by atoms with Gasteiger partial charge in [-0.1, -0.05) is 12.2 Å². The zero-order chi connectivity index (χ0) is 19.7. The first-order chi connectivity index (χ1) is 13.4. The number of rotatable bonds is 7. The fourth-order valence-electron chi connectivity index (χ4n) is 3.58. The highest BCUT2D eigenvalue weighted by Gasteiger charge is 2.30. The zero-order valence-corrected chi connectivity index (χ0v) is 16.4. The van der Waals surface area contributed by atoms with Crippen molar-refractivity contribution in [2.45, 2.75) is 38.1 Å². The number of amides is 1. The summed E-state index contributed by atoms with van der Waals surface area (Å²) in [6.07, 6.45) is 9.30. The summed E-state index contributed by atoms with van der Waals surface area (Å²) in [6.45, 7) is 3.49. The summed E-state index contributed by atoms with van der Waals surface area (Å²) in [6, 6.07) is 3.79. The molecule has 2 heterocycles.